The van der Waals surface area contributed by atoms with Crippen LogP contribution in [0.25, 0.3) is 83.2 Å². The van der Waals surface area contributed by atoms with E-state index in [-0.39, 0.29) is 0 Å². The highest BCUT2D eigenvalue weighted by atomic mass is 15.2. The van der Waals surface area contributed by atoms with Gasteiger partial charge in [-0.2, -0.15) is 9.97 Å². The van der Waals surface area contributed by atoms with Crippen LogP contribution >= 0.6 is 0 Å². The van der Waals surface area contributed by atoms with Crippen molar-refractivity contribution in [3.8, 4) is 39.9 Å². The van der Waals surface area contributed by atoms with Crippen molar-refractivity contribution in [3.63, 3.8) is 0 Å². The van der Waals surface area contributed by atoms with Crippen molar-refractivity contribution in [1.29, 1.82) is 0 Å². The average molecular weight is 575 g/mol. The maximum absolute atomic E-state index is 5.07. The number of rotatable bonds is 4. The largest absolute Gasteiger partial charge is 0.278 e. The third kappa shape index (κ3) is 4.27. The number of nitrogens with zero attached hydrogens (tertiary/aromatic N) is 4. The number of hydrogen-bond donors (Lipinski definition) is 0. The van der Waals surface area contributed by atoms with Gasteiger partial charge in [0, 0.05) is 21.9 Å². The zero-order valence-corrected chi connectivity index (χ0v) is 24.3. The van der Waals surface area contributed by atoms with Crippen molar-refractivity contribution in [3.05, 3.63) is 158 Å². The third-order valence-electron chi connectivity index (χ3n) is 8.62. The predicted molar refractivity (Wildman–Crippen MR) is 185 cm³/mol. The van der Waals surface area contributed by atoms with Crippen molar-refractivity contribution < 1.29 is 0 Å². The Hall–Kier alpha value is -6.13. The fraction of sp³-hybridized carbons (Fsp3) is 0. The van der Waals surface area contributed by atoms with Crippen LogP contribution in [-0.2, 0) is 0 Å². The van der Waals surface area contributed by atoms with Gasteiger partial charge in [0.1, 0.15) is 0 Å². The molecule has 0 radical (unpaired) electrons. The minimum atomic E-state index is 0.598. The van der Waals surface area contributed by atoms with Crippen LogP contribution in [0.2, 0.25) is 0 Å². The van der Waals surface area contributed by atoms with Gasteiger partial charge in [-0.3, -0.25) is 4.57 Å². The Morgan fingerprint density at radius 1 is 0.356 bits per heavy atom. The van der Waals surface area contributed by atoms with Gasteiger partial charge < -0.3 is 0 Å². The molecule has 0 atom stereocenters. The smallest absolute Gasteiger partial charge is 0.238 e. The standard InChI is InChI=1S/C41H26N4/c1-3-12-28(13-4-1)39-42-40(29-14-5-2-6-15-29)44-41(43-39)45-36-18-10-9-17-35(36)38-34-23-21-32(26-33(34)22-24-37(38)45)31-20-19-27-11-7-8-16-30(27)25-31/h1-26H. The maximum Gasteiger partial charge on any atom is 0.238 e. The zero-order chi connectivity index (χ0) is 29.7. The van der Waals surface area contributed by atoms with E-state index in [0.29, 0.717) is 17.6 Å². The first-order valence-corrected chi connectivity index (χ1v) is 15.1. The predicted octanol–water partition coefficient (Wildman–Crippen LogP) is 10.3. The lowest BCUT2D eigenvalue weighted by atomic mass is 9.97. The molecule has 0 aliphatic heterocycles. The molecule has 0 saturated heterocycles. The summed E-state index contributed by atoms with van der Waals surface area (Å²) in [5.41, 5.74) is 6.43. The molecule has 9 aromatic rings. The Labute approximate surface area is 259 Å². The summed E-state index contributed by atoms with van der Waals surface area (Å²) in [6.07, 6.45) is 0. The van der Waals surface area contributed by atoms with Crippen LogP contribution in [0.4, 0.5) is 0 Å². The Kier molecular flexibility index (Phi) is 5.78. The molecule has 0 spiro atoms. The number of benzene rings is 7. The van der Waals surface area contributed by atoms with Gasteiger partial charge in [-0.1, -0.05) is 133 Å². The van der Waals surface area contributed by atoms with Crippen LogP contribution in [0.1, 0.15) is 0 Å². The van der Waals surface area contributed by atoms with E-state index in [1.807, 2.05) is 60.7 Å². The summed E-state index contributed by atoms with van der Waals surface area (Å²) < 4.78 is 2.18. The minimum absolute atomic E-state index is 0.598. The number of fused-ring (bicyclic) bond motifs is 6. The Morgan fingerprint density at radius 2 is 0.933 bits per heavy atom. The Bertz CT molecular complexity index is 2470. The molecule has 0 unspecified atom stereocenters. The molecule has 0 N–H and O–H groups in total. The van der Waals surface area contributed by atoms with E-state index in [4.69, 9.17) is 15.0 Å². The molecule has 0 aliphatic carbocycles. The van der Waals surface area contributed by atoms with Crippen molar-refractivity contribution in [2.24, 2.45) is 0 Å². The van der Waals surface area contributed by atoms with Crippen LogP contribution in [-0.4, -0.2) is 19.5 Å². The number of hydrogen-bond acceptors (Lipinski definition) is 3. The fourth-order valence-corrected chi connectivity index (χ4v) is 6.46. The first-order chi connectivity index (χ1) is 22.3. The lowest BCUT2D eigenvalue weighted by Crippen LogP contribution is -2.06. The summed E-state index contributed by atoms with van der Waals surface area (Å²) in [5.74, 6) is 1.89. The summed E-state index contributed by atoms with van der Waals surface area (Å²) >= 11 is 0. The second kappa shape index (κ2) is 10.2. The summed E-state index contributed by atoms with van der Waals surface area (Å²) in [6, 6.07) is 55.2. The number of aromatic nitrogens is 4. The zero-order valence-electron chi connectivity index (χ0n) is 24.3. The molecule has 4 nitrogen and oxygen atoms in total. The van der Waals surface area contributed by atoms with Crippen LogP contribution in [0, 0.1) is 0 Å². The highest BCUT2D eigenvalue weighted by Crippen LogP contribution is 2.38. The molecule has 210 valence electrons. The highest BCUT2D eigenvalue weighted by Gasteiger charge is 2.19. The molecule has 0 aliphatic rings. The van der Waals surface area contributed by atoms with Crippen molar-refractivity contribution in [2.75, 3.05) is 0 Å². The lowest BCUT2D eigenvalue weighted by molar-refractivity contribution is 0.953. The molecule has 0 saturated carbocycles. The van der Waals surface area contributed by atoms with E-state index in [2.05, 4.69) is 102 Å². The van der Waals surface area contributed by atoms with Crippen LogP contribution < -0.4 is 0 Å². The molecule has 0 fully saturated rings. The Balaban J connectivity index is 1.28. The van der Waals surface area contributed by atoms with Gasteiger partial charge in [0.05, 0.1) is 11.0 Å². The lowest BCUT2D eigenvalue weighted by Gasteiger charge is -2.11. The first-order valence-electron chi connectivity index (χ1n) is 15.1. The van der Waals surface area contributed by atoms with Gasteiger partial charge in [0.25, 0.3) is 0 Å². The van der Waals surface area contributed by atoms with Crippen molar-refractivity contribution >= 4 is 43.4 Å². The molecule has 2 heterocycles. The molecule has 4 heteroatoms. The SMILES string of the molecule is c1ccc(-c2nc(-c3ccccc3)nc(-n3c4ccccc4c4c5ccc(-c6ccc7ccccc7c6)cc5ccc43)n2)cc1. The van der Waals surface area contributed by atoms with Gasteiger partial charge >= 0.3 is 0 Å². The average Bonchev–Trinajstić information content (AvgIpc) is 3.46. The first kappa shape index (κ1) is 25.4. The van der Waals surface area contributed by atoms with Crippen LogP contribution in [0.3, 0.4) is 0 Å². The van der Waals surface area contributed by atoms with E-state index in [0.717, 1.165) is 22.2 Å². The van der Waals surface area contributed by atoms with Crippen LogP contribution in [0.15, 0.2) is 158 Å². The molecule has 45 heavy (non-hydrogen) atoms. The molecule has 0 bridgehead atoms. The monoisotopic (exact) mass is 574 g/mol. The van der Waals surface area contributed by atoms with Crippen LogP contribution in [0.5, 0.6) is 0 Å². The van der Waals surface area contributed by atoms with Gasteiger partial charge in [-0.25, -0.2) is 4.98 Å². The summed E-state index contributed by atoms with van der Waals surface area (Å²) in [6.45, 7) is 0. The molecular weight excluding hydrogens is 548 g/mol. The quantitative estimate of drug-likeness (QED) is 0.210. The third-order valence-corrected chi connectivity index (χ3v) is 8.62. The van der Waals surface area contributed by atoms with E-state index >= 15 is 0 Å². The van der Waals surface area contributed by atoms with E-state index in [1.165, 1.54) is 43.4 Å². The second-order valence-electron chi connectivity index (χ2n) is 11.3. The normalized spacial score (nSPS) is 11.6. The van der Waals surface area contributed by atoms with E-state index in [1.54, 1.807) is 0 Å². The summed E-state index contributed by atoms with van der Waals surface area (Å²) in [4.78, 5) is 15.1. The van der Waals surface area contributed by atoms with E-state index in [9.17, 15) is 0 Å². The highest BCUT2D eigenvalue weighted by molar-refractivity contribution is 6.21. The molecule has 7 aromatic carbocycles. The molecule has 0 amide bonds. The Morgan fingerprint density at radius 3 is 1.67 bits per heavy atom. The minimum Gasteiger partial charge on any atom is -0.278 e. The molecular formula is C41H26N4. The van der Waals surface area contributed by atoms with Gasteiger partial charge in [-0.15, -0.1) is 0 Å². The second-order valence-corrected chi connectivity index (χ2v) is 11.3. The molecule has 9 rings (SSSR count). The number of para-hydroxylation sites is 1. The maximum atomic E-state index is 5.07. The van der Waals surface area contributed by atoms with Gasteiger partial charge in [-0.05, 0) is 56.9 Å². The fourth-order valence-electron chi connectivity index (χ4n) is 6.46. The van der Waals surface area contributed by atoms with Gasteiger partial charge in [0.2, 0.25) is 5.95 Å². The van der Waals surface area contributed by atoms with Crippen molar-refractivity contribution in [2.45, 2.75) is 0 Å². The van der Waals surface area contributed by atoms with E-state index < -0.39 is 0 Å². The topological polar surface area (TPSA) is 43.6 Å². The summed E-state index contributed by atoms with van der Waals surface area (Å²) in [7, 11) is 0. The summed E-state index contributed by atoms with van der Waals surface area (Å²) in [5, 5.41) is 7.25. The molecule has 2 aromatic heterocycles. The van der Waals surface area contributed by atoms with Crippen molar-refractivity contribution in [1.82, 2.24) is 19.5 Å². The van der Waals surface area contributed by atoms with Gasteiger partial charge in [0.15, 0.2) is 11.6 Å².